The van der Waals surface area contributed by atoms with E-state index in [2.05, 4.69) is 15.6 Å². The summed E-state index contributed by atoms with van der Waals surface area (Å²) in [6.07, 6.45) is -3.20. The zero-order valence-corrected chi connectivity index (χ0v) is 13.8. The summed E-state index contributed by atoms with van der Waals surface area (Å²) in [7, 11) is 0. The number of carbonyl (C=O) groups is 1. The third kappa shape index (κ3) is 4.68. The minimum Gasteiger partial charge on any atom is -0.344 e. The number of hydrogen-bond donors (Lipinski definition) is 2. The molecule has 0 spiro atoms. The molecule has 24 heavy (non-hydrogen) atoms. The molecule has 2 aromatic rings. The summed E-state index contributed by atoms with van der Waals surface area (Å²) in [6.45, 7) is 3.70. The fourth-order valence-electron chi connectivity index (χ4n) is 1.74. The first-order valence-corrected chi connectivity index (χ1v) is 6.75. The highest BCUT2D eigenvalue weighted by Gasteiger charge is 2.30. The zero-order chi connectivity index (χ0) is 17.3. The molecule has 0 aliphatic rings. The van der Waals surface area contributed by atoms with E-state index >= 15 is 0 Å². The highest BCUT2D eigenvalue weighted by molar-refractivity contribution is 5.92. The van der Waals surface area contributed by atoms with E-state index < -0.39 is 23.2 Å². The summed E-state index contributed by atoms with van der Waals surface area (Å²) in [5, 5.41) is 10.0. The largest absolute Gasteiger partial charge is 0.416 e. The van der Waals surface area contributed by atoms with Gasteiger partial charge in [0.15, 0.2) is 5.69 Å². The number of hydrogen-bond acceptors (Lipinski definition) is 4. The number of rotatable bonds is 4. The molecule has 1 aromatic heterocycles. The van der Waals surface area contributed by atoms with Crippen LogP contribution in [0.15, 0.2) is 30.5 Å². The number of alkyl halides is 3. The molecule has 3 N–H and O–H groups in total. The molecule has 6 nitrogen and oxygen atoms in total. The quantitative estimate of drug-likeness (QED) is 0.871. The van der Waals surface area contributed by atoms with Crippen LogP contribution in [0, 0.1) is 0 Å². The van der Waals surface area contributed by atoms with E-state index in [1.807, 2.05) is 0 Å². The number of halogens is 4. The van der Waals surface area contributed by atoms with Gasteiger partial charge in [-0.3, -0.25) is 4.79 Å². The molecule has 0 unspecified atom stereocenters. The molecule has 0 bridgehead atoms. The molecule has 2 rings (SSSR count). The smallest absolute Gasteiger partial charge is 0.344 e. The fourth-order valence-corrected chi connectivity index (χ4v) is 1.74. The Bertz CT molecular complexity index is 714. The van der Waals surface area contributed by atoms with Crippen LogP contribution in [0.2, 0.25) is 0 Å². The molecule has 0 saturated heterocycles. The standard InChI is InChI=1S/C14H16F3N5O.ClH/c1-13(2,8-18)19-12(23)11-7-22(21-20-11)10-5-3-4-9(6-10)14(15,16)17;/h3-7H,8,18H2,1-2H3,(H,19,23);1H. The second-order valence-electron chi connectivity index (χ2n) is 5.64. The summed E-state index contributed by atoms with van der Waals surface area (Å²) in [5.41, 5.74) is 4.24. The van der Waals surface area contributed by atoms with Gasteiger partial charge in [0.1, 0.15) is 0 Å². The molecule has 0 saturated carbocycles. The first kappa shape index (κ1) is 19.9. The number of nitrogens with zero attached hydrogens (tertiary/aromatic N) is 3. The number of benzene rings is 1. The number of carbonyl (C=O) groups excluding carboxylic acids is 1. The van der Waals surface area contributed by atoms with Crippen molar-refractivity contribution in [1.82, 2.24) is 20.3 Å². The molecule has 1 aromatic carbocycles. The summed E-state index contributed by atoms with van der Waals surface area (Å²) >= 11 is 0. The second kappa shape index (κ2) is 7.18. The van der Waals surface area contributed by atoms with Gasteiger partial charge in [0, 0.05) is 12.1 Å². The number of amides is 1. The molecule has 0 aliphatic heterocycles. The maximum Gasteiger partial charge on any atom is 0.416 e. The van der Waals surface area contributed by atoms with Gasteiger partial charge in [-0.25, -0.2) is 4.68 Å². The van der Waals surface area contributed by atoms with Crippen LogP contribution in [-0.4, -0.2) is 33.0 Å². The van der Waals surface area contributed by atoms with E-state index in [0.717, 1.165) is 16.8 Å². The predicted molar refractivity (Wildman–Crippen MR) is 84.2 cm³/mol. The maximum atomic E-state index is 12.7. The van der Waals surface area contributed by atoms with E-state index in [1.54, 1.807) is 13.8 Å². The average molecular weight is 364 g/mol. The maximum absolute atomic E-state index is 12.7. The fraction of sp³-hybridized carbons (Fsp3) is 0.357. The molecule has 132 valence electrons. The number of nitrogens with one attached hydrogen (secondary N) is 1. The number of nitrogens with two attached hydrogens (primary N) is 1. The summed E-state index contributed by atoms with van der Waals surface area (Å²) in [6, 6.07) is 4.59. The molecule has 1 amide bonds. The van der Waals surface area contributed by atoms with Crippen LogP contribution in [0.5, 0.6) is 0 Å². The Labute approximate surface area is 142 Å². The molecule has 1 heterocycles. The zero-order valence-electron chi connectivity index (χ0n) is 13.0. The average Bonchev–Trinajstić information content (AvgIpc) is 2.96. The van der Waals surface area contributed by atoms with Crippen LogP contribution in [0.3, 0.4) is 0 Å². The highest BCUT2D eigenvalue weighted by Crippen LogP contribution is 2.30. The monoisotopic (exact) mass is 363 g/mol. The Morgan fingerprint density at radius 1 is 1.33 bits per heavy atom. The van der Waals surface area contributed by atoms with Crippen molar-refractivity contribution >= 4 is 18.3 Å². The Balaban J connectivity index is 0.00000288. The van der Waals surface area contributed by atoms with Crippen molar-refractivity contribution in [2.24, 2.45) is 5.73 Å². The van der Waals surface area contributed by atoms with E-state index in [9.17, 15) is 18.0 Å². The van der Waals surface area contributed by atoms with Gasteiger partial charge in [-0.2, -0.15) is 13.2 Å². The molecule has 0 radical (unpaired) electrons. The van der Waals surface area contributed by atoms with Crippen LogP contribution >= 0.6 is 12.4 Å². The Morgan fingerprint density at radius 2 is 2.00 bits per heavy atom. The van der Waals surface area contributed by atoms with E-state index in [1.165, 1.54) is 18.3 Å². The Morgan fingerprint density at radius 3 is 2.58 bits per heavy atom. The Kier molecular flexibility index (Phi) is 5.96. The van der Waals surface area contributed by atoms with Crippen molar-refractivity contribution in [1.29, 1.82) is 0 Å². The first-order valence-electron chi connectivity index (χ1n) is 6.75. The summed E-state index contributed by atoms with van der Waals surface area (Å²) < 4.78 is 39.3. The minimum atomic E-state index is -4.46. The first-order chi connectivity index (χ1) is 10.6. The van der Waals surface area contributed by atoms with E-state index in [4.69, 9.17) is 5.73 Å². The number of aromatic nitrogens is 3. The SMILES string of the molecule is CC(C)(CN)NC(=O)c1cn(-c2cccc(C(F)(F)F)c2)nn1.Cl. The lowest BCUT2D eigenvalue weighted by Crippen LogP contribution is -2.48. The van der Waals surface area contributed by atoms with Crippen molar-refractivity contribution in [2.75, 3.05) is 6.54 Å². The van der Waals surface area contributed by atoms with E-state index in [0.29, 0.717) is 0 Å². The third-order valence-electron chi connectivity index (χ3n) is 3.13. The van der Waals surface area contributed by atoms with Gasteiger partial charge in [-0.15, -0.1) is 17.5 Å². The summed E-state index contributed by atoms with van der Waals surface area (Å²) in [4.78, 5) is 12.0. The molecular formula is C14H17ClF3N5O. The van der Waals surface area contributed by atoms with Gasteiger partial charge in [0.05, 0.1) is 17.4 Å². The molecule has 0 aliphatic carbocycles. The predicted octanol–water partition coefficient (Wildman–Crippen LogP) is 2.18. The molecular weight excluding hydrogens is 347 g/mol. The van der Waals surface area contributed by atoms with Gasteiger partial charge >= 0.3 is 6.18 Å². The normalized spacial score (nSPS) is 11.8. The van der Waals surface area contributed by atoms with Gasteiger partial charge in [-0.1, -0.05) is 11.3 Å². The lowest BCUT2D eigenvalue weighted by molar-refractivity contribution is -0.137. The van der Waals surface area contributed by atoms with Crippen LogP contribution in [-0.2, 0) is 6.18 Å². The lowest BCUT2D eigenvalue weighted by Gasteiger charge is -2.23. The molecule has 10 heteroatoms. The van der Waals surface area contributed by atoms with Gasteiger partial charge in [-0.05, 0) is 32.0 Å². The third-order valence-corrected chi connectivity index (χ3v) is 3.13. The molecule has 0 atom stereocenters. The Hall–Kier alpha value is -2.13. The topological polar surface area (TPSA) is 85.8 Å². The van der Waals surface area contributed by atoms with Crippen molar-refractivity contribution < 1.29 is 18.0 Å². The highest BCUT2D eigenvalue weighted by atomic mass is 35.5. The van der Waals surface area contributed by atoms with Gasteiger partial charge in [0.25, 0.3) is 5.91 Å². The summed E-state index contributed by atoms with van der Waals surface area (Å²) in [5.74, 6) is -0.501. The van der Waals surface area contributed by atoms with E-state index in [-0.39, 0.29) is 30.3 Å². The van der Waals surface area contributed by atoms with Crippen molar-refractivity contribution in [3.05, 3.63) is 41.7 Å². The van der Waals surface area contributed by atoms with Crippen molar-refractivity contribution in [3.8, 4) is 5.69 Å². The van der Waals surface area contributed by atoms with Gasteiger partial charge in [0.2, 0.25) is 0 Å². The van der Waals surface area contributed by atoms with Crippen molar-refractivity contribution in [3.63, 3.8) is 0 Å². The molecule has 0 fully saturated rings. The van der Waals surface area contributed by atoms with Crippen LogP contribution in [0.4, 0.5) is 13.2 Å². The van der Waals surface area contributed by atoms with Gasteiger partial charge < -0.3 is 11.1 Å². The minimum absolute atomic E-state index is 0. The van der Waals surface area contributed by atoms with Crippen molar-refractivity contribution in [2.45, 2.75) is 25.6 Å². The van der Waals surface area contributed by atoms with Crippen LogP contribution in [0.25, 0.3) is 5.69 Å². The van der Waals surface area contributed by atoms with Crippen LogP contribution in [0.1, 0.15) is 29.9 Å². The second-order valence-corrected chi connectivity index (χ2v) is 5.64. The lowest BCUT2D eigenvalue weighted by atomic mass is 10.1. The van der Waals surface area contributed by atoms with Crippen LogP contribution < -0.4 is 11.1 Å².